The maximum atomic E-state index is 12.2. The number of amides is 3. The number of hydrogen-bond donors (Lipinski definition) is 2. The molecular weight excluding hydrogens is 390 g/mol. The third-order valence-corrected chi connectivity index (χ3v) is 6.38. The van der Waals surface area contributed by atoms with Gasteiger partial charge in [-0.3, -0.25) is 19.2 Å². The van der Waals surface area contributed by atoms with Crippen LogP contribution in [0.25, 0.3) is 0 Å². The average Bonchev–Trinajstić information content (AvgIpc) is 3.28. The van der Waals surface area contributed by atoms with E-state index in [4.69, 9.17) is 0 Å². The Bertz CT molecular complexity index is 1030. The number of hydrogen-bond acceptors (Lipinski definition) is 5. The van der Waals surface area contributed by atoms with Crippen molar-refractivity contribution in [3.05, 3.63) is 45.1 Å². The maximum Gasteiger partial charge on any atom is 0.313 e. The summed E-state index contributed by atoms with van der Waals surface area (Å²) < 4.78 is 0. The molecule has 1 aromatic heterocycles. The second-order valence-electron chi connectivity index (χ2n) is 7.25. The summed E-state index contributed by atoms with van der Waals surface area (Å²) >= 11 is 1.39. The monoisotopic (exact) mass is 411 g/mol. The fourth-order valence-corrected chi connectivity index (χ4v) is 4.72. The number of benzene rings is 1. The first-order chi connectivity index (χ1) is 13.9. The lowest BCUT2D eigenvalue weighted by Gasteiger charge is -2.26. The van der Waals surface area contributed by atoms with Crippen LogP contribution in [0.5, 0.6) is 0 Å². The summed E-state index contributed by atoms with van der Waals surface area (Å²) in [6.07, 6.45) is 2.63. The van der Waals surface area contributed by atoms with Crippen molar-refractivity contribution in [3.63, 3.8) is 0 Å². The van der Waals surface area contributed by atoms with Crippen LogP contribution in [-0.2, 0) is 33.6 Å². The highest BCUT2D eigenvalue weighted by Gasteiger charge is 2.32. The van der Waals surface area contributed by atoms with Gasteiger partial charge in [0.1, 0.15) is 0 Å². The zero-order chi connectivity index (χ0) is 20.5. The first-order valence-corrected chi connectivity index (χ1v) is 10.4. The van der Waals surface area contributed by atoms with E-state index in [0.717, 1.165) is 41.1 Å². The van der Waals surface area contributed by atoms with Crippen molar-refractivity contribution in [2.75, 3.05) is 23.3 Å². The number of aryl methyl sites for hydroxylation is 1. The summed E-state index contributed by atoms with van der Waals surface area (Å²) in [5.74, 6) is -1.34. The fraction of sp³-hybridized carbons (Fsp3) is 0.333. The van der Waals surface area contributed by atoms with Gasteiger partial charge in [0.05, 0.1) is 17.0 Å². The van der Waals surface area contributed by atoms with E-state index in [1.807, 2.05) is 17.0 Å². The zero-order valence-corrected chi connectivity index (χ0v) is 16.9. The molecule has 0 spiro atoms. The number of carbonyl (C=O) groups is 4. The average molecular weight is 411 g/mol. The van der Waals surface area contributed by atoms with E-state index in [-0.39, 0.29) is 11.7 Å². The first-order valence-electron chi connectivity index (χ1n) is 9.57. The molecule has 7 nitrogen and oxygen atoms in total. The summed E-state index contributed by atoms with van der Waals surface area (Å²) in [7, 11) is 0. The van der Waals surface area contributed by atoms with Crippen molar-refractivity contribution < 1.29 is 19.2 Å². The minimum absolute atomic E-state index is 0.0165. The van der Waals surface area contributed by atoms with Gasteiger partial charge in [-0.05, 0) is 61.6 Å². The van der Waals surface area contributed by atoms with Crippen molar-refractivity contribution >= 4 is 46.2 Å². The molecule has 2 N–H and O–H groups in total. The van der Waals surface area contributed by atoms with Gasteiger partial charge >= 0.3 is 11.8 Å². The maximum absolute atomic E-state index is 12.2. The van der Waals surface area contributed by atoms with Crippen LogP contribution in [0.1, 0.15) is 39.0 Å². The lowest BCUT2D eigenvalue weighted by atomic mass is 9.99. The predicted molar refractivity (Wildman–Crippen MR) is 110 cm³/mol. The molecule has 4 rings (SSSR count). The molecule has 0 saturated heterocycles. The van der Waals surface area contributed by atoms with Crippen molar-refractivity contribution in [3.8, 4) is 0 Å². The molecule has 2 aliphatic heterocycles. The van der Waals surface area contributed by atoms with E-state index >= 15 is 0 Å². The Morgan fingerprint density at radius 1 is 1.14 bits per heavy atom. The molecule has 2 aliphatic rings. The third kappa shape index (κ3) is 3.93. The number of thiophene rings is 1. The van der Waals surface area contributed by atoms with Crippen LogP contribution in [0.4, 0.5) is 11.4 Å². The van der Waals surface area contributed by atoms with E-state index in [0.29, 0.717) is 30.0 Å². The molecule has 3 heterocycles. The SMILES string of the molecule is CC(=O)c1ccc(CCNC(=O)C(=O)Nc2cc3c4c(c2)CC(=O)N4CCC3)s1. The molecular formula is C21H21N3O4S. The molecule has 8 heteroatoms. The van der Waals surface area contributed by atoms with E-state index in [1.165, 1.54) is 18.3 Å². The van der Waals surface area contributed by atoms with Crippen LogP contribution >= 0.6 is 11.3 Å². The minimum atomic E-state index is -0.732. The van der Waals surface area contributed by atoms with Crippen LogP contribution < -0.4 is 15.5 Å². The van der Waals surface area contributed by atoms with E-state index in [1.54, 1.807) is 12.1 Å². The summed E-state index contributed by atoms with van der Waals surface area (Å²) in [5, 5.41) is 5.25. The first kappa shape index (κ1) is 19.3. The van der Waals surface area contributed by atoms with Crippen molar-refractivity contribution in [1.82, 2.24) is 5.32 Å². The number of nitrogens with zero attached hydrogens (tertiary/aromatic N) is 1. The fourth-order valence-electron chi connectivity index (χ4n) is 3.82. The van der Waals surface area contributed by atoms with Crippen LogP contribution in [0.3, 0.4) is 0 Å². The lowest BCUT2D eigenvalue weighted by Crippen LogP contribution is -2.36. The molecule has 0 radical (unpaired) electrons. The molecule has 0 bridgehead atoms. The highest BCUT2D eigenvalue weighted by Crippen LogP contribution is 2.38. The van der Waals surface area contributed by atoms with Crippen LogP contribution in [-0.4, -0.2) is 36.6 Å². The van der Waals surface area contributed by atoms with E-state index in [2.05, 4.69) is 10.6 Å². The van der Waals surface area contributed by atoms with Gasteiger partial charge in [-0.2, -0.15) is 0 Å². The highest BCUT2D eigenvalue weighted by atomic mass is 32.1. The molecule has 0 aliphatic carbocycles. The smallest absolute Gasteiger partial charge is 0.313 e. The van der Waals surface area contributed by atoms with Gasteiger partial charge in [-0.25, -0.2) is 0 Å². The number of rotatable bonds is 5. The Morgan fingerprint density at radius 3 is 2.69 bits per heavy atom. The van der Waals surface area contributed by atoms with Crippen molar-refractivity contribution in [1.29, 1.82) is 0 Å². The Morgan fingerprint density at radius 2 is 1.93 bits per heavy atom. The van der Waals surface area contributed by atoms with E-state index < -0.39 is 11.8 Å². The van der Waals surface area contributed by atoms with Gasteiger partial charge in [-0.15, -0.1) is 11.3 Å². The third-order valence-electron chi connectivity index (χ3n) is 5.14. The molecule has 0 unspecified atom stereocenters. The zero-order valence-electron chi connectivity index (χ0n) is 16.0. The Hall–Kier alpha value is -3.00. The van der Waals surface area contributed by atoms with Gasteiger partial charge in [0, 0.05) is 23.7 Å². The van der Waals surface area contributed by atoms with Crippen molar-refractivity contribution in [2.24, 2.45) is 0 Å². The second kappa shape index (κ2) is 7.79. The van der Waals surface area contributed by atoms with Gasteiger partial charge in [-0.1, -0.05) is 0 Å². The highest BCUT2D eigenvalue weighted by molar-refractivity contribution is 7.14. The van der Waals surface area contributed by atoms with Crippen LogP contribution in [0.2, 0.25) is 0 Å². The standard InChI is InChI=1S/C21H21N3O4S/c1-12(25)17-5-4-16(29-17)6-7-22-20(27)21(28)23-15-9-13-3-2-8-24-18(26)11-14(10-15)19(13)24/h4-5,9-10H,2-3,6-8,11H2,1H3,(H,22,27)(H,23,28). The molecule has 0 saturated carbocycles. The predicted octanol–water partition coefficient (Wildman–Crippen LogP) is 2.08. The molecule has 0 fully saturated rings. The number of carbonyl (C=O) groups excluding carboxylic acids is 4. The van der Waals surface area contributed by atoms with Gasteiger partial charge < -0.3 is 15.5 Å². The summed E-state index contributed by atoms with van der Waals surface area (Å²) in [6.45, 7) is 2.57. The number of ketones is 1. The number of anilines is 2. The van der Waals surface area contributed by atoms with Crippen LogP contribution in [0.15, 0.2) is 24.3 Å². The van der Waals surface area contributed by atoms with Gasteiger partial charge in [0.25, 0.3) is 0 Å². The summed E-state index contributed by atoms with van der Waals surface area (Å²) in [5.41, 5.74) is 3.46. The van der Waals surface area contributed by atoms with Gasteiger partial charge in [0.15, 0.2) is 5.78 Å². The van der Waals surface area contributed by atoms with Crippen LogP contribution in [0, 0.1) is 0 Å². The second-order valence-corrected chi connectivity index (χ2v) is 8.42. The molecule has 0 atom stereocenters. The Labute approximate surface area is 172 Å². The summed E-state index contributed by atoms with van der Waals surface area (Å²) in [6, 6.07) is 7.25. The lowest BCUT2D eigenvalue weighted by molar-refractivity contribution is -0.136. The molecule has 29 heavy (non-hydrogen) atoms. The minimum Gasteiger partial charge on any atom is -0.347 e. The Balaban J connectivity index is 1.34. The molecule has 3 amide bonds. The van der Waals surface area contributed by atoms with Gasteiger partial charge in [0.2, 0.25) is 5.91 Å². The number of nitrogens with one attached hydrogen (secondary N) is 2. The number of Topliss-reactive ketones (excluding diaryl/α,β-unsaturated/α-hetero) is 1. The molecule has 150 valence electrons. The molecule has 2 aromatic rings. The summed E-state index contributed by atoms with van der Waals surface area (Å²) in [4.78, 5) is 51.3. The Kier molecular flexibility index (Phi) is 5.19. The van der Waals surface area contributed by atoms with Crippen molar-refractivity contribution in [2.45, 2.75) is 32.6 Å². The largest absolute Gasteiger partial charge is 0.347 e. The van der Waals surface area contributed by atoms with E-state index in [9.17, 15) is 19.2 Å². The molecule has 1 aromatic carbocycles. The topological polar surface area (TPSA) is 95.6 Å². The quantitative estimate of drug-likeness (QED) is 0.582. The normalized spacial score (nSPS) is 14.5.